The lowest BCUT2D eigenvalue weighted by molar-refractivity contribution is -0.489. The van der Waals surface area contributed by atoms with Gasteiger partial charge < -0.3 is 14.9 Å². The van der Waals surface area contributed by atoms with Crippen molar-refractivity contribution < 1.29 is 66.8 Å². The van der Waals surface area contributed by atoms with Crippen molar-refractivity contribution in [2.75, 3.05) is 34.4 Å². The molecule has 0 spiro atoms. The third-order valence-electron chi connectivity index (χ3n) is 11.2. The van der Waals surface area contributed by atoms with E-state index in [9.17, 15) is 61.8 Å². The Morgan fingerprint density at radius 3 is 2.00 bits per heavy atom. The van der Waals surface area contributed by atoms with E-state index in [4.69, 9.17) is 0 Å². The number of anilines is 2. The Balaban J connectivity index is 1.61. The first-order valence-corrected chi connectivity index (χ1v) is 24.6. The highest BCUT2D eigenvalue weighted by molar-refractivity contribution is 7.87. The molecule has 1 aliphatic carbocycles. The fourth-order valence-corrected chi connectivity index (χ4v) is 11.1. The zero-order valence-corrected chi connectivity index (χ0v) is 36.1. The smallest absolute Gasteiger partial charge is 0.372 e. The van der Waals surface area contributed by atoms with Gasteiger partial charge in [0, 0.05) is 48.4 Å². The van der Waals surface area contributed by atoms with Gasteiger partial charge in [-0.1, -0.05) is 26.0 Å². The SMILES string of the molecule is CCN1c2cc3c(cc2C(CS(=O)(=O)O)=CC1(C)C)C(=[NH+]C(CCS(=O)(=O)O)C(=O)O)c1cc2c(cc1C3(C)C)N(Cc1ccc(S(=O)(=O)O)cc1S(=O)(=O)O)CCC2. The molecule has 17 nitrogen and oxygen atoms in total. The van der Waals surface area contributed by atoms with Crippen LogP contribution >= 0.6 is 0 Å². The van der Waals surface area contributed by atoms with E-state index < -0.39 is 91.2 Å². The molecule has 3 aromatic carbocycles. The number of carboxylic acid groups (broad SMARTS) is 1. The highest BCUT2D eigenvalue weighted by Gasteiger charge is 2.44. The summed E-state index contributed by atoms with van der Waals surface area (Å²) in [6.45, 7) is 10.4. The van der Waals surface area contributed by atoms with Gasteiger partial charge in [0.15, 0.2) is 0 Å². The molecule has 1 atom stereocenters. The van der Waals surface area contributed by atoms with Gasteiger partial charge >= 0.3 is 5.97 Å². The summed E-state index contributed by atoms with van der Waals surface area (Å²) in [6, 6.07) is 8.78. The summed E-state index contributed by atoms with van der Waals surface area (Å²) in [7, 11) is -18.8. The van der Waals surface area contributed by atoms with Crippen LogP contribution in [0.2, 0.25) is 0 Å². The van der Waals surface area contributed by atoms with Crippen LogP contribution in [0.4, 0.5) is 11.4 Å². The Morgan fingerprint density at radius 1 is 0.814 bits per heavy atom. The molecule has 1 unspecified atom stereocenters. The van der Waals surface area contributed by atoms with E-state index in [0.29, 0.717) is 76.8 Å². The molecule has 0 aromatic heterocycles. The second kappa shape index (κ2) is 15.0. The lowest BCUT2D eigenvalue weighted by Gasteiger charge is -2.45. The zero-order valence-electron chi connectivity index (χ0n) is 32.8. The van der Waals surface area contributed by atoms with Crippen molar-refractivity contribution in [3.8, 4) is 0 Å². The molecule has 0 radical (unpaired) electrons. The number of carboxylic acids is 1. The average Bonchev–Trinajstić information content (AvgIpc) is 3.08. The fraction of sp³-hybridized carbons (Fsp3) is 0.421. The Bertz CT molecular complexity index is 2800. The molecule has 320 valence electrons. The number of aryl methyl sites for hydroxylation is 1. The topological polar surface area (TPSA) is 275 Å². The van der Waals surface area contributed by atoms with E-state index in [-0.39, 0.29) is 17.8 Å². The first-order chi connectivity index (χ1) is 27.0. The maximum Gasteiger partial charge on any atom is 0.372 e. The second-order valence-electron chi connectivity index (χ2n) is 16.1. The summed E-state index contributed by atoms with van der Waals surface area (Å²) in [5.74, 6) is -2.97. The van der Waals surface area contributed by atoms with Gasteiger partial charge in [0.1, 0.15) is 10.6 Å². The number of aliphatic carboxylic acids is 1. The lowest BCUT2D eigenvalue weighted by atomic mass is 9.66. The molecular formula is C38H46N3O14S4+. The van der Waals surface area contributed by atoms with Crippen molar-refractivity contribution in [1.82, 2.24) is 0 Å². The second-order valence-corrected chi connectivity index (χ2v) is 21.9. The van der Waals surface area contributed by atoms with E-state index in [1.807, 2.05) is 57.7 Å². The number of fused-ring (bicyclic) bond motifs is 4. The molecule has 2 aliphatic heterocycles. The van der Waals surface area contributed by atoms with Gasteiger partial charge in [0.2, 0.25) is 11.8 Å². The van der Waals surface area contributed by atoms with E-state index in [1.165, 1.54) is 6.07 Å². The molecule has 0 saturated carbocycles. The molecule has 6 rings (SSSR count). The first-order valence-electron chi connectivity index (χ1n) is 18.5. The monoisotopic (exact) mass is 896 g/mol. The number of nitrogens with zero attached hydrogens (tertiary/aromatic N) is 2. The van der Waals surface area contributed by atoms with Crippen LogP contribution in [-0.4, -0.2) is 105 Å². The van der Waals surface area contributed by atoms with Crippen LogP contribution in [0.1, 0.15) is 86.4 Å². The number of benzene rings is 3. The summed E-state index contributed by atoms with van der Waals surface area (Å²) in [5.41, 5.74) is 4.02. The zero-order chi connectivity index (χ0) is 43.8. The van der Waals surface area contributed by atoms with Crippen LogP contribution in [0, 0.1) is 0 Å². The molecule has 0 fully saturated rings. The number of rotatable bonds is 12. The molecule has 3 aromatic rings. The third kappa shape index (κ3) is 8.97. The highest BCUT2D eigenvalue weighted by Crippen LogP contribution is 2.49. The van der Waals surface area contributed by atoms with E-state index in [0.717, 1.165) is 11.6 Å². The Labute approximate surface area is 343 Å². The molecule has 3 aliphatic rings. The Kier molecular flexibility index (Phi) is 11.3. The molecule has 0 amide bonds. The Morgan fingerprint density at radius 2 is 1.44 bits per heavy atom. The largest absolute Gasteiger partial charge is 0.476 e. The summed E-state index contributed by atoms with van der Waals surface area (Å²) < 4.78 is 136. The van der Waals surface area contributed by atoms with Crippen molar-refractivity contribution >= 4 is 69.1 Å². The van der Waals surface area contributed by atoms with Gasteiger partial charge in [-0.25, -0.2) is 9.79 Å². The highest BCUT2D eigenvalue weighted by atomic mass is 32.2. The normalized spacial score (nSPS) is 18.7. The quantitative estimate of drug-likeness (QED) is 0.142. The van der Waals surface area contributed by atoms with E-state index in [1.54, 1.807) is 12.1 Å². The minimum absolute atomic E-state index is 0.0507. The van der Waals surface area contributed by atoms with Gasteiger partial charge in [-0.15, -0.1) is 0 Å². The third-order valence-corrected chi connectivity index (χ3v) is 14.4. The molecule has 59 heavy (non-hydrogen) atoms. The van der Waals surface area contributed by atoms with Crippen LogP contribution in [0.5, 0.6) is 0 Å². The Hall–Kier alpha value is -4.22. The van der Waals surface area contributed by atoms with Crippen LogP contribution in [-0.2, 0) is 63.6 Å². The van der Waals surface area contributed by atoms with E-state index in [2.05, 4.69) is 9.89 Å². The molecular weight excluding hydrogens is 851 g/mol. The van der Waals surface area contributed by atoms with Gasteiger partial charge in [-0.3, -0.25) is 18.2 Å². The minimum atomic E-state index is -4.96. The number of hydrogen-bond acceptors (Lipinski definition) is 11. The summed E-state index contributed by atoms with van der Waals surface area (Å²) in [5, 5.41) is 10.3. The minimum Gasteiger partial charge on any atom is -0.476 e. The predicted octanol–water partition coefficient (Wildman–Crippen LogP) is 2.31. The van der Waals surface area contributed by atoms with Gasteiger partial charge in [-0.05, 0) is 97.8 Å². The molecule has 21 heteroatoms. The van der Waals surface area contributed by atoms with Crippen molar-refractivity contribution in [3.05, 3.63) is 87.5 Å². The van der Waals surface area contributed by atoms with Crippen LogP contribution in [0.25, 0.3) is 5.57 Å². The van der Waals surface area contributed by atoms with Crippen molar-refractivity contribution in [2.24, 2.45) is 0 Å². The predicted molar refractivity (Wildman–Crippen MR) is 219 cm³/mol. The van der Waals surface area contributed by atoms with Crippen LogP contribution in [0.15, 0.2) is 58.3 Å². The maximum absolute atomic E-state index is 12.7. The molecule has 2 heterocycles. The van der Waals surface area contributed by atoms with Gasteiger partial charge in [0.05, 0.1) is 27.3 Å². The number of hydrogen-bond donors (Lipinski definition) is 6. The standard InChI is InChI=1S/C38H45N3O14S4/c1-6-41-33-18-30-28(16-26(33)24(19-37(41,2)3)21-57(47,48)49)35(39-31(36(42)43)11-13-56(44,45)46)27-14-22-8-7-12-40(32(22)17-29(27)38(30,4)5)20-23-9-10-25(58(50,51)52)15-34(23)59(53,54)55/h9-10,14-19,31H,6-8,11-13,20-21H2,1-5H3,(H,42,43)(H,44,45,46)(H,47,48,49)(H,50,51,52)(H,53,54,55)/p+1. The van der Waals surface area contributed by atoms with Crippen LogP contribution < -0.4 is 14.8 Å². The van der Waals surface area contributed by atoms with E-state index >= 15 is 0 Å². The number of carbonyl (C=O) groups is 1. The van der Waals surface area contributed by atoms with Crippen molar-refractivity contribution in [3.63, 3.8) is 0 Å². The maximum atomic E-state index is 12.7. The first kappa shape index (κ1) is 44.3. The average molecular weight is 897 g/mol. The number of nitrogens with one attached hydrogen (secondary N) is 1. The summed E-state index contributed by atoms with van der Waals surface area (Å²) in [6.07, 6.45) is 2.32. The summed E-state index contributed by atoms with van der Waals surface area (Å²) in [4.78, 5) is 18.2. The molecule has 0 saturated heterocycles. The van der Waals surface area contributed by atoms with Crippen LogP contribution in [0.3, 0.4) is 0 Å². The van der Waals surface area contributed by atoms with Gasteiger partial charge in [0.25, 0.3) is 40.5 Å². The lowest BCUT2D eigenvalue weighted by Crippen LogP contribution is -2.83. The van der Waals surface area contributed by atoms with Gasteiger partial charge in [-0.2, -0.15) is 33.7 Å². The number of likely N-dealkylation sites (N-methyl/N-ethyl adjacent to an activating group) is 1. The van der Waals surface area contributed by atoms with Crippen molar-refractivity contribution in [2.45, 2.75) is 87.2 Å². The molecule has 6 N–H and O–H groups in total. The fourth-order valence-electron chi connectivity index (χ4n) is 8.59. The summed E-state index contributed by atoms with van der Waals surface area (Å²) >= 11 is 0. The molecule has 0 bridgehead atoms. The van der Waals surface area contributed by atoms with Crippen molar-refractivity contribution in [1.29, 1.82) is 0 Å².